The van der Waals surface area contributed by atoms with Crippen LogP contribution in [-0.2, 0) is 11.3 Å². The molecule has 0 unspecified atom stereocenters. The fourth-order valence-corrected chi connectivity index (χ4v) is 1.62. The number of anilines is 1. The average molecular weight is 252 g/mol. The monoisotopic (exact) mass is 252 g/mol. The number of nitrogens with two attached hydrogens (primary N) is 1. The third-order valence-corrected chi connectivity index (χ3v) is 2.81. The summed E-state index contributed by atoms with van der Waals surface area (Å²) >= 11 is 0. The van der Waals surface area contributed by atoms with Gasteiger partial charge in [0.15, 0.2) is 5.82 Å². The summed E-state index contributed by atoms with van der Waals surface area (Å²) in [5.41, 5.74) is 2.51. The number of nitrogen functional groups attached to an aromatic ring is 1. The Labute approximate surface area is 107 Å². The third-order valence-electron chi connectivity index (χ3n) is 2.81. The third kappa shape index (κ3) is 4.12. The molecule has 6 nitrogen and oxygen atoms in total. The van der Waals surface area contributed by atoms with Gasteiger partial charge in [0.05, 0.1) is 6.61 Å². The molecule has 1 fully saturated rings. The molecule has 100 valence electrons. The number of hydrogen-bond acceptors (Lipinski definition) is 6. The van der Waals surface area contributed by atoms with Crippen molar-refractivity contribution in [2.45, 2.75) is 32.8 Å². The highest BCUT2D eigenvalue weighted by Crippen LogP contribution is 2.32. The SMILES string of the molecule is CCOCc1nc(NN)cc(OCCC2CC2)n1. The van der Waals surface area contributed by atoms with Gasteiger partial charge in [0.1, 0.15) is 12.4 Å². The van der Waals surface area contributed by atoms with Gasteiger partial charge in [0, 0.05) is 12.7 Å². The van der Waals surface area contributed by atoms with Crippen molar-refractivity contribution in [2.24, 2.45) is 11.8 Å². The fourth-order valence-electron chi connectivity index (χ4n) is 1.62. The van der Waals surface area contributed by atoms with Gasteiger partial charge in [0.25, 0.3) is 0 Å². The Kier molecular flexibility index (Phi) is 4.72. The lowest BCUT2D eigenvalue weighted by molar-refractivity contribution is 0.127. The van der Waals surface area contributed by atoms with Crippen LogP contribution in [0.3, 0.4) is 0 Å². The Morgan fingerprint density at radius 2 is 2.28 bits per heavy atom. The normalized spacial score (nSPS) is 14.6. The van der Waals surface area contributed by atoms with Crippen molar-refractivity contribution in [1.29, 1.82) is 0 Å². The van der Waals surface area contributed by atoms with E-state index in [0.29, 0.717) is 37.3 Å². The predicted octanol–water partition coefficient (Wildman–Crippen LogP) is 1.48. The van der Waals surface area contributed by atoms with E-state index in [-0.39, 0.29) is 0 Å². The Hall–Kier alpha value is -1.40. The molecule has 1 aliphatic carbocycles. The van der Waals surface area contributed by atoms with Crippen LogP contribution < -0.4 is 16.0 Å². The van der Waals surface area contributed by atoms with Crippen LogP contribution in [0, 0.1) is 5.92 Å². The molecule has 3 N–H and O–H groups in total. The summed E-state index contributed by atoms with van der Waals surface area (Å²) in [6.07, 6.45) is 3.76. The highest BCUT2D eigenvalue weighted by atomic mass is 16.5. The number of hydrazine groups is 1. The Morgan fingerprint density at radius 3 is 2.94 bits per heavy atom. The molecular weight excluding hydrogens is 232 g/mol. The van der Waals surface area contributed by atoms with Crippen LogP contribution in [0.1, 0.15) is 32.0 Å². The maximum atomic E-state index is 5.62. The minimum absolute atomic E-state index is 0.366. The van der Waals surface area contributed by atoms with Crippen molar-refractivity contribution in [1.82, 2.24) is 9.97 Å². The van der Waals surface area contributed by atoms with E-state index < -0.39 is 0 Å². The van der Waals surface area contributed by atoms with Gasteiger partial charge in [-0.2, -0.15) is 4.98 Å². The van der Waals surface area contributed by atoms with E-state index in [9.17, 15) is 0 Å². The summed E-state index contributed by atoms with van der Waals surface area (Å²) in [7, 11) is 0. The van der Waals surface area contributed by atoms with Crippen LogP contribution in [0.5, 0.6) is 5.88 Å². The van der Waals surface area contributed by atoms with Crippen molar-refractivity contribution < 1.29 is 9.47 Å². The molecule has 1 aromatic heterocycles. The second kappa shape index (κ2) is 6.51. The Balaban J connectivity index is 1.92. The van der Waals surface area contributed by atoms with E-state index in [1.165, 1.54) is 12.8 Å². The van der Waals surface area contributed by atoms with Gasteiger partial charge in [-0.3, -0.25) is 0 Å². The standard InChI is InChI=1S/C12H20N4O2/c1-2-17-8-11-14-10(16-13)7-12(15-11)18-6-5-9-3-4-9/h7,9H,2-6,8,13H2,1H3,(H,14,15,16). The zero-order valence-corrected chi connectivity index (χ0v) is 10.7. The van der Waals surface area contributed by atoms with E-state index in [2.05, 4.69) is 15.4 Å². The topological polar surface area (TPSA) is 82.3 Å². The largest absolute Gasteiger partial charge is 0.478 e. The van der Waals surface area contributed by atoms with E-state index in [1.807, 2.05) is 6.92 Å². The molecule has 1 heterocycles. The number of rotatable bonds is 8. The summed E-state index contributed by atoms with van der Waals surface area (Å²) in [5.74, 6) is 7.89. The molecule has 0 bridgehead atoms. The quantitative estimate of drug-likeness (QED) is 0.538. The molecular formula is C12H20N4O2. The van der Waals surface area contributed by atoms with Crippen LogP contribution in [0.4, 0.5) is 5.82 Å². The number of nitrogens with one attached hydrogen (secondary N) is 1. The molecule has 18 heavy (non-hydrogen) atoms. The fraction of sp³-hybridized carbons (Fsp3) is 0.667. The van der Waals surface area contributed by atoms with Crippen LogP contribution in [0.2, 0.25) is 0 Å². The lowest BCUT2D eigenvalue weighted by atomic mass is 10.3. The zero-order chi connectivity index (χ0) is 12.8. The molecule has 0 aliphatic heterocycles. The molecule has 1 aromatic rings. The van der Waals surface area contributed by atoms with E-state index >= 15 is 0 Å². The maximum Gasteiger partial charge on any atom is 0.218 e. The summed E-state index contributed by atoms with van der Waals surface area (Å²) in [6.45, 7) is 3.62. The molecule has 0 amide bonds. The van der Waals surface area contributed by atoms with Crippen molar-refractivity contribution in [3.63, 3.8) is 0 Å². The Bertz CT molecular complexity index is 382. The molecule has 0 radical (unpaired) electrons. The van der Waals surface area contributed by atoms with Gasteiger partial charge < -0.3 is 14.9 Å². The summed E-state index contributed by atoms with van der Waals surface area (Å²) in [6, 6.07) is 1.70. The minimum Gasteiger partial charge on any atom is -0.478 e. The molecule has 0 aromatic carbocycles. The predicted molar refractivity (Wildman–Crippen MR) is 68.0 cm³/mol. The lowest BCUT2D eigenvalue weighted by Crippen LogP contribution is -2.12. The average Bonchev–Trinajstić information content (AvgIpc) is 3.20. The van der Waals surface area contributed by atoms with Crippen LogP contribution in [0.25, 0.3) is 0 Å². The van der Waals surface area contributed by atoms with Crippen molar-refractivity contribution in [3.05, 3.63) is 11.9 Å². The first kappa shape index (κ1) is 13.0. The summed E-state index contributed by atoms with van der Waals surface area (Å²) in [5, 5.41) is 0. The van der Waals surface area contributed by atoms with Crippen molar-refractivity contribution in [3.8, 4) is 5.88 Å². The second-order valence-corrected chi connectivity index (χ2v) is 4.37. The smallest absolute Gasteiger partial charge is 0.218 e. The van der Waals surface area contributed by atoms with Gasteiger partial charge in [0.2, 0.25) is 5.88 Å². The highest BCUT2D eigenvalue weighted by Gasteiger charge is 2.20. The number of nitrogens with zero attached hydrogens (tertiary/aromatic N) is 2. The molecule has 0 atom stereocenters. The summed E-state index contributed by atoms with van der Waals surface area (Å²) in [4.78, 5) is 8.47. The van der Waals surface area contributed by atoms with Gasteiger partial charge in [-0.25, -0.2) is 10.8 Å². The van der Waals surface area contributed by atoms with Crippen molar-refractivity contribution >= 4 is 5.82 Å². The lowest BCUT2D eigenvalue weighted by Gasteiger charge is -2.09. The molecule has 6 heteroatoms. The first-order valence-corrected chi connectivity index (χ1v) is 6.37. The van der Waals surface area contributed by atoms with Gasteiger partial charge >= 0.3 is 0 Å². The number of hydrogen-bond donors (Lipinski definition) is 2. The highest BCUT2D eigenvalue weighted by molar-refractivity contribution is 5.36. The maximum absolute atomic E-state index is 5.62. The van der Waals surface area contributed by atoms with E-state index in [1.54, 1.807) is 6.07 Å². The van der Waals surface area contributed by atoms with E-state index in [4.69, 9.17) is 15.3 Å². The Morgan fingerprint density at radius 1 is 1.44 bits per heavy atom. The van der Waals surface area contributed by atoms with Gasteiger partial charge in [-0.1, -0.05) is 12.8 Å². The van der Waals surface area contributed by atoms with Crippen LogP contribution in [0.15, 0.2) is 6.07 Å². The van der Waals surface area contributed by atoms with Gasteiger partial charge in [-0.05, 0) is 19.3 Å². The molecule has 0 saturated heterocycles. The number of aromatic nitrogens is 2. The minimum atomic E-state index is 0.366. The van der Waals surface area contributed by atoms with Gasteiger partial charge in [-0.15, -0.1) is 0 Å². The van der Waals surface area contributed by atoms with Crippen LogP contribution >= 0.6 is 0 Å². The number of ether oxygens (including phenoxy) is 2. The summed E-state index contributed by atoms with van der Waals surface area (Å²) < 4.78 is 10.9. The second-order valence-electron chi connectivity index (χ2n) is 4.37. The van der Waals surface area contributed by atoms with E-state index in [0.717, 1.165) is 12.3 Å². The first-order chi connectivity index (χ1) is 8.81. The van der Waals surface area contributed by atoms with Crippen LogP contribution in [-0.4, -0.2) is 23.2 Å². The van der Waals surface area contributed by atoms with Crippen molar-refractivity contribution in [2.75, 3.05) is 18.6 Å². The first-order valence-electron chi connectivity index (χ1n) is 6.37. The molecule has 2 rings (SSSR count). The molecule has 0 spiro atoms. The zero-order valence-electron chi connectivity index (χ0n) is 10.7. The molecule has 1 aliphatic rings. The molecule has 1 saturated carbocycles.